The molecule has 0 saturated heterocycles. The van der Waals surface area contributed by atoms with Gasteiger partial charge in [-0.1, -0.05) is 18.2 Å². The second-order valence-corrected chi connectivity index (χ2v) is 2.88. The minimum Gasteiger partial charge on any atom is -0.492 e. The third-order valence-electron chi connectivity index (χ3n) is 1.91. The Morgan fingerprint density at radius 2 is 2.08 bits per heavy atom. The molecule has 0 aliphatic carbocycles. The minimum atomic E-state index is 0. The predicted octanol–water partition coefficient (Wildman–Crippen LogP) is 1.37. The van der Waals surface area contributed by atoms with E-state index in [0.717, 1.165) is 12.2 Å². The highest BCUT2D eigenvalue weighted by atomic mass is 35.5. The van der Waals surface area contributed by atoms with Gasteiger partial charge in [0.05, 0.1) is 0 Å². The van der Waals surface area contributed by atoms with Gasteiger partial charge in [0.2, 0.25) is 0 Å². The van der Waals surface area contributed by atoms with E-state index in [4.69, 9.17) is 10.5 Å². The Labute approximate surface area is 78.1 Å². The monoisotopic (exact) mass is 185 g/mol. The Hall–Kier alpha value is -0.730. The molecule has 0 aromatic heterocycles. The molecule has 1 aromatic rings. The van der Waals surface area contributed by atoms with Crippen molar-refractivity contribution in [3.05, 3.63) is 29.8 Å². The highest BCUT2D eigenvalue weighted by Crippen LogP contribution is 2.22. The molecule has 1 heterocycles. The fraction of sp³-hybridized carbons (Fsp3) is 0.333. The zero-order valence-corrected chi connectivity index (χ0v) is 7.51. The summed E-state index contributed by atoms with van der Waals surface area (Å²) in [4.78, 5) is 0. The van der Waals surface area contributed by atoms with Crippen LogP contribution in [0.15, 0.2) is 24.3 Å². The summed E-state index contributed by atoms with van der Waals surface area (Å²) in [5.74, 6) is 0.995. The van der Waals surface area contributed by atoms with Crippen LogP contribution in [-0.4, -0.2) is 12.6 Å². The van der Waals surface area contributed by atoms with Crippen LogP contribution < -0.4 is 10.5 Å². The lowest BCUT2D eigenvalue weighted by Gasteiger charge is -2.21. The second kappa shape index (κ2) is 3.78. The van der Waals surface area contributed by atoms with Gasteiger partial charge in [0.1, 0.15) is 12.4 Å². The SMILES string of the molecule is Cl.N[C@@H]1COc2ccccc2C1. The summed E-state index contributed by atoms with van der Waals surface area (Å²) in [7, 11) is 0. The van der Waals surface area contributed by atoms with E-state index < -0.39 is 0 Å². The smallest absolute Gasteiger partial charge is 0.122 e. The highest BCUT2D eigenvalue weighted by Gasteiger charge is 2.14. The molecule has 1 aliphatic heterocycles. The van der Waals surface area contributed by atoms with Gasteiger partial charge < -0.3 is 10.5 Å². The number of fused-ring (bicyclic) bond motifs is 1. The average molecular weight is 186 g/mol. The molecule has 3 heteroatoms. The quantitative estimate of drug-likeness (QED) is 0.663. The van der Waals surface area contributed by atoms with E-state index in [2.05, 4.69) is 6.07 Å². The first-order valence-electron chi connectivity index (χ1n) is 3.82. The topological polar surface area (TPSA) is 35.2 Å². The van der Waals surface area contributed by atoms with Gasteiger partial charge in [-0.25, -0.2) is 0 Å². The van der Waals surface area contributed by atoms with Gasteiger partial charge >= 0.3 is 0 Å². The van der Waals surface area contributed by atoms with E-state index in [1.807, 2.05) is 18.2 Å². The summed E-state index contributed by atoms with van der Waals surface area (Å²) in [6.07, 6.45) is 0.941. The number of halogens is 1. The number of hydrogen-bond acceptors (Lipinski definition) is 2. The Bertz CT molecular complexity index is 264. The van der Waals surface area contributed by atoms with Crippen molar-refractivity contribution in [3.63, 3.8) is 0 Å². The van der Waals surface area contributed by atoms with Gasteiger partial charge in [-0.15, -0.1) is 12.4 Å². The van der Waals surface area contributed by atoms with Gasteiger partial charge in [-0.3, -0.25) is 0 Å². The average Bonchev–Trinajstić information content (AvgIpc) is 2.04. The normalized spacial score (nSPS) is 20.2. The van der Waals surface area contributed by atoms with E-state index in [1.54, 1.807) is 0 Å². The summed E-state index contributed by atoms with van der Waals surface area (Å²) in [5, 5.41) is 0. The van der Waals surface area contributed by atoms with Crippen molar-refractivity contribution in [1.82, 2.24) is 0 Å². The molecule has 0 unspecified atom stereocenters. The first kappa shape index (κ1) is 9.36. The molecule has 0 bridgehead atoms. The van der Waals surface area contributed by atoms with Crippen molar-refractivity contribution in [2.45, 2.75) is 12.5 Å². The van der Waals surface area contributed by atoms with Gasteiger partial charge in [0, 0.05) is 6.04 Å². The number of para-hydroxylation sites is 1. The van der Waals surface area contributed by atoms with Crippen molar-refractivity contribution < 1.29 is 4.74 Å². The fourth-order valence-electron chi connectivity index (χ4n) is 1.35. The van der Waals surface area contributed by atoms with Crippen LogP contribution in [-0.2, 0) is 6.42 Å². The van der Waals surface area contributed by atoms with Gasteiger partial charge in [-0.05, 0) is 18.1 Å². The molecule has 1 aliphatic rings. The molecule has 0 radical (unpaired) electrons. The van der Waals surface area contributed by atoms with Crippen LogP contribution in [0.2, 0.25) is 0 Å². The molecular weight excluding hydrogens is 174 g/mol. The molecular formula is C9H12ClNO. The number of ether oxygens (including phenoxy) is 1. The molecule has 66 valence electrons. The largest absolute Gasteiger partial charge is 0.492 e. The minimum absolute atomic E-state index is 0. The standard InChI is InChI=1S/C9H11NO.ClH/c10-8-5-7-3-1-2-4-9(7)11-6-8;/h1-4,8H,5-6,10H2;1H/t8-;/m0./s1. The van der Waals surface area contributed by atoms with E-state index in [9.17, 15) is 0 Å². The molecule has 2 rings (SSSR count). The van der Waals surface area contributed by atoms with Gasteiger partial charge in [-0.2, -0.15) is 0 Å². The predicted molar refractivity (Wildman–Crippen MR) is 50.9 cm³/mol. The first-order valence-corrected chi connectivity index (χ1v) is 3.82. The van der Waals surface area contributed by atoms with Crippen LogP contribution in [0.25, 0.3) is 0 Å². The van der Waals surface area contributed by atoms with Gasteiger partial charge in [0.25, 0.3) is 0 Å². The van der Waals surface area contributed by atoms with Crippen LogP contribution in [0, 0.1) is 0 Å². The summed E-state index contributed by atoms with van der Waals surface area (Å²) in [5.41, 5.74) is 6.95. The maximum atomic E-state index is 5.72. The van der Waals surface area contributed by atoms with Crippen molar-refractivity contribution >= 4 is 12.4 Å². The lowest BCUT2D eigenvalue weighted by molar-refractivity contribution is 0.263. The maximum Gasteiger partial charge on any atom is 0.122 e. The second-order valence-electron chi connectivity index (χ2n) is 2.88. The summed E-state index contributed by atoms with van der Waals surface area (Å²) in [6, 6.07) is 8.22. The zero-order valence-electron chi connectivity index (χ0n) is 6.69. The maximum absolute atomic E-state index is 5.72. The molecule has 1 atom stereocenters. The van der Waals surface area contributed by atoms with Crippen LogP contribution >= 0.6 is 12.4 Å². The van der Waals surface area contributed by atoms with Crippen LogP contribution in [0.3, 0.4) is 0 Å². The molecule has 1 aromatic carbocycles. The van der Waals surface area contributed by atoms with Crippen LogP contribution in [0.4, 0.5) is 0 Å². The molecule has 2 nitrogen and oxygen atoms in total. The van der Waals surface area contributed by atoms with Crippen LogP contribution in [0.5, 0.6) is 5.75 Å². The number of rotatable bonds is 0. The lowest BCUT2D eigenvalue weighted by atomic mass is 10.0. The zero-order chi connectivity index (χ0) is 7.68. The van der Waals surface area contributed by atoms with E-state index in [0.29, 0.717) is 6.61 Å². The molecule has 0 spiro atoms. The summed E-state index contributed by atoms with van der Waals surface area (Å²) in [6.45, 7) is 0.650. The third kappa shape index (κ3) is 1.71. The number of benzene rings is 1. The first-order chi connectivity index (χ1) is 5.36. The van der Waals surface area contributed by atoms with Crippen molar-refractivity contribution in [2.24, 2.45) is 5.73 Å². The van der Waals surface area contributed by atoms with Crippen molar-refractivity contribution in [1.29, 1.82) is 0 Å². The molecule has 2 N–H and O–H groups in total. The van der Waals surface area contributed by atoms with Crippen LogP contribution in [0.1, 0.15) is 5.56 Å². The highest BCUT2D eigenvalue weighted by molar-refractivity contribution is 5.85. The summed E-state index contributed by atoms with van der Waals surface area (Å²) < 4.78 is 5.41. The summed E-state index contributed by atoms with van der Waals surface area (Å²) >= 11 is 0. The van der Waals surface area contributed by atoms with Crippen molar-refractivity contribution in [2.75, 3.05) is 6.61 Å². The molecule has 0 amide bonds. The molecule has 0 saturated carbocycles. The number of hydrogen-bond donors (Lipinski definition) is 1. The molecule has 0 fully saturated rings. The lowest BCUT2D eigenvalue weighted by Crippen LogP contribution is -2.33. The fourth-order valence-corrected chi connectivity index (χ4v) is 1.35. The number of nitrogens with two attached hydrogens (primary N) is 1. The van der Waals surface area contributed by atoms with E-state index in [1.165, 1.54) is 5.56 Å². The third-order valence-corrected chi connectivity index (χ3v) is 1.91. The van der Waals surface area contributed by atoms with Crippen molar-refractivity contribution in [3.8, 4) is 5.75 Å². The van der Waals surface area contributed by atoms with E-state index >= 15 is 0 Å². The Morgan fingerprint density at radius 3 is 2.92 bits per heavy atom. The Kier molecular flexibility index (Phi) is 2.95. The Balaban J connectivity index is 0.000000720. The van der Waals surface area contributed by atoms with E-state index in [-0.39, 0.29) is 18.4 Å². The molecule has 12 heavy (non-hydrogen) atoms. The Morgan fingerprint density at radius 1 is 1.33 bits per heavy atom. The van der Waals surface area contributed by atoms with Gasteiger partial charge in [0.15, 0.2) is 0 Å².